The van der Waals surface area contributed by atoms with Crippen LogP contribution in [0.1, 0.15) is 50.7 Å². The highest BCUT2D eigenvalue weighted by molar-refractivity contribution is 7.99. The Balaban J connectivity index is 1.34. The van der Waals surface area contributed by atoms with Crippen LogP contribution in [0.2, 0.25) is 0 Å². The number of hydrogen-bond acceptors (Lipinski definition) is 6. The number of rotatable bonds is 8. The van der Waals surface area contributed by atoms with Gasteiger partial charge in [-0.25, -0.2) is 9.59 Å². The molecule has 37 heavy (non-hydrogen) atoms. The molecule has 1 aliphatic carbocycles. The first kappa shape index (κ1) is 26.9. The Hall–Kier alpha value is -3.20. The van der Waals surface area contributed by atoms with Gasteiger partial charge in [-0.15, -0.1) is 11.8 Å². The smallest absolute Gasteiger partial charge is 0.407 e. The number of amides is 3. The number of ether oxygens (including phenoxy) is 2. The van der Waals surface area contributed by atoms with Gasteiger partial charge in [0.25, 0.3) is 0 Å². The van der Waals surface area contributed by atoms with Crippen molar-refractivity contribution in [2.24, 2.45) is 0 Å². The van der Waals surface area contributed by atoms with E-state index in [0.29, 0.717) is 31.8 Å². The molecule has 0 unspecified atom stereocenters. The second kappa shape index (κ2) is 11.9. The molecular formula is C28H35N3O5S. The van der Waals surface area contributed by atoms with Crippen molar-refractivity contribution in [1.82, 2.24) is 15.5 Å². The molecule has 198 valence electrons. The maximum atomic E-state index is 13.1. The van der Waals surface area contributed by atoms with Crippen molar-refractivity contribution in [2.45, 2.75) is 51.2 Å². The predicted octanol–water partition coefficient (Wildman–Crippen LogP) is 4.73. The van der Waals surface area contributed by atoms with Crippen molar-refractivity contribution in [1.29, 1.82) is 0 Å². The highest BCUT2D eigenvalue weighted by atomic mass is 32.2. The molecule has 9 heteroatoms. The Morgan fingerprint density at radius 1 is 1.03 bits per heavy atom. The SMILES string of the molecule is CC(C)(C)OC(=O)NCCC[C@H](NC(=O)OCC1c2ccccc2-c2ccccc21)C(=O)N1CCSC1. The minimum Gasteiger partial charge on any atom is -0.449 e. The highest BCUT2D eigenvalue weighted by Gasteiger charge is 2.31. The fraction of sp³-hybridized carbons (Fsp3) is 0.464. The first-order valence-electron chi connectivity index (χ1n) is 12.7. The zero-order chi connectivity index (χ0) is 26.4. The first-order chi connectivity index (χ1) is 17.7. The molecule has 2 aromatic rings. The molecule has 2 N–H and O–H groups in total. The standard InChI is InChI=1S/C28H35N3O5S/c1-28(2,3)36-26(33)29-14-8-13-24(25(32)31-15-16-37-18-31)30-27(34)35-17-23-21-11-6-4-9-19(21)20-10-5-7-12-22(20)23/h4-7,9-12,23-24H,8,13-18H2,1-3H3,(H,29,33)(H,30,34)/t24-/m0/s1. The van der Waals surface area contributed by atoms with Gasteiger partial charge >= 0.3 is 12.2 Å². The summed E-state index contributed by atoms with van der Waals surface area (Å²) in [5.74, 6) is 1.30. The molecule has 8 nitrogen and oxygen atoms in total. The Morgan fingerprint density at radius 3 is 2.27 bits per heavy atom. The van der Waals surface area contributed by atoms with E-state index >= 15 is 0 Å². The lowest BCUT2D eigenvalue weighted by molar-refractivity contribution is -0.132. The van der Waals surface area contributed by atoms with Gasteiger partial charge in [-0.05, 0) is 55.9 Å². The fourth-order valence-electron chi connectivity index (χ4n) is 4.66. The van der Waals surface area contributed by atoms with E-state index in [1.807, 2.05) is 24.3 Å². The molecule has 3 amide bonds. The molecule has 2 aromatic carbocycles. The third kappa shape index (κ3) is 6.97. The number of carbonyl (C=O) groups is 3. The molecule has 0 spiro atoms. The van der Waals surface area contributed by atoms with Crippen molar-refractivity contribution >= 4 is 29.9 Å². The van der Waals surface area contributed by atoms with E-state index in [-0.39, 0.29) is 18.4 Å². The molecule has 4 rings (SSSR count). The van der Waals surface area contributed by atoms with Crippen molar-refractivity contribution in [3.8, 4) is 11.1 Å². The van der Waals surface area contributed by atoms with E-state index in [2.05, 4.69) is 34.9 Å². The number of benzene rings is 2. The molecule has 0 aromatic heterocycles. The third-order valence-corrected chi connectivity index (χ3v) is 7.30. The maximum absolute atomic E-state index is 13.1. The number of carbonyl (C=O) groups excluding carboxylic acids is 3. The van der Waals surface area contributed by atoms with Crippen LogP contribution in [0.3, 0.4) is 0 Å². The molecule has 1 heterocycles. The predicted molar refractivity (Wildman–Crippen MR) is 145 cm³/mol. The fourth-order valence-corrected chi connectivity index (χ4v) is 5.61. The Morgan fingerprint density at radius 2 is 1.68 bits per heavy atom. The molecule has 1 atom stereocenters. The minimum atomic E-state index is -0.727. The van der Waals surface area contributed by atoms with Gasteiger partial charge in [-0.2, -0.15) is 0 Å². The van der Waals surface area contributed by atoms with Crippen LogP contribution in [0.15, 0.2) is 48.5 Å². The normalized spacial score (nSPS) is 15.5. The largest absolute Gasteiger partial charge is 0.449 e. The van der Waals surface area contributed by atoms with Crippen LogP contribution >= 0.6 is 11.8 Å². The van der Waals surface area contributed by atoms with E-state index in [1.54, 1.807) is 37.4 Å². The van der Waals surface area contributed by atoms with Gasteiger partial charge in [0, 0.05) is 24.8 Å². The average Bonchev–Trinajstić information content (AvgIpc) is 3.50. The minimum absolute atomic E-state index is 0.0553. The maximum Gasteiger partial charge on any atom is 0.407 e. The van der Waals surface area contributed by atoms with E-state index in [1.165, 1.54) is 0 Å². The summed E-state index contributed by atoms with van der Waals surface area (Å²) in [4.78, 5) is 39.6. The number of nitrogens with zero attached hydrogens (tertiary/aromatic N) is 1. The lowest BCUT2D eigenvalue weighted by atomic mass is 9.98. The summed E-state index contributed by atoms with van der Waals surface area (Å²) in [6, 6.07) is 15.6. The van der Waals surface area contributed by atoms with Crippen LogP contribution < -0.4 is 10.6 Å². The van der Waals surface area contributed by atoms with E-state index in [4.69, 9.17) is 9.47 Å². The van der Waals surface area contributed by atoms with Gasteiger partial charge in [-0.1, -0.05) is 48.5 Å². The monoisotopic (exact) mass is 525 g/mol. The van der Waals surface area contributed by atoms with Crippen molar-refractivity contribution in [2.75, 3.05) is 31.3 Å². The third-order valence-electron chi connectivity index (χ3n) is 6.34. The Labute approximate surface area is 222 Å². The molecule has 1 saturated heterocycles. The second-order valence-corrected chi connectivity index (χ2v) is 11.3. The molecule has 0 radical (unpaired) electrons. The number of nitrogens with one attached hydrogen (secondary N) is 2. The summed E-state index contributed by atoms with van der Waals surface area (Å²) in [5.41, 5.74) is 3.99. The van der Waals surface area contributed by atoms with Crippen LogP contribution in [0.5, 0.6) is 0 Å². The Bertz CT molecular complexity index is 1080. The van der Waals surface area contributed by atoms with Gasteiger partial charge in [0.05, 0.1) is 5.88 Å². The topological polar surface area (TPSA) is 97.0 Å². The molecule has 2 aliphatic rings. The molecule has 0 saturated carbocycles. The summed E-state index contributed by atoms with van der Waals surface area (Å²) < 4.78 is 10.9. The van der Waals surface area contributed by atoms with Gasteiger partial charge in [-0.3, -0.25) is 4.79 Å². The lowest BCUT2D eigenvalue weighted by Crippen LogP contribution is -2.48. The second-order valence-electron chi connectivity index (χ2n) is 10.2. The molecule has 0 bridgehead atoms. The van der Waals surface area contributed by atoms with Crippen LogP contribution in [-0.2, 0) is 14.3 Å². The van der Waals surface area contributed by atoms with Crippen LogP contribution in [0, 0.1) is 0 Å². The zero-order valence-electron chi connectivity index (χ0n) is 21.6. The number of fused-ring (bicyclic) bond motifs is 3. The summed E-state index contributed by atoms with van der Waals surface area (Å²) in [6.45, 7) is 6.57. The number of hydrogen-bond donors (Lipinski definition) is 2. The van der Waals surface area contributed by atoms with Crippen molar-refractivity contribution in [3.63, 3.8) is 0 Å². The van der Waals surface area contributed by atoms with Crippen molar-refractivity contribution in [3.05, 3.63) is 59.7 Å². The number of alkyl carbamates (subject to hydrolysis) is 2. The summed E-state index contributed by atoms with van der Waals surface area (Å²) in [6.07, 6.45) is -0.247. The van der Waals surface area contributed by atoms with Crippen molar-refractivity contribution < 1.29 is 23.9 Å². The van der Waals surface area contributed by atoms with E-state index < -0.39 is 23.8 Å². The van der Waals surface area contributed by atoms with Crippen LogP contribution in [0.4, 0.5) is 9.59 Å². The molecule has 1 aliphatic heterocycles. The van der Waals surface area contributed by atoms with Gasteiger partial charge in [0.15, 0.2) is 0 Å². The molecule has 1 fully saturated rings. The Kier molecular flexibility index (Phi) is 8.63. The highest BCUT2D eigenvalue weighted by Crippen LogP contribution is 2.44. The summed E-state index contributed by atoms with van der Waals surface area (Å²) in [5, 5.41) is 5.49. The number of thioether (sulfide) groups is 1. The quantitative estimate of drug-likeness (QED) is 0.484. The van der Waals surface area contributed by atoms with Crippen LogP contribution in [-0.4, -0.2) is 66.0 Å². The van der Waals surface area contributed by atoms with Gasteiger partial charge < -0.3 is 25.0 Å². The van der Waals surface area contributed by atoms with Crippen LogP contribution in [0.25, 0.3) is 11.1 Å². The summed E-state index contributed by atoms with van der Waals surface area (Å²) in [7, 11) is 0. The van der Waals surface area contributed by atoms with E-state index in [9.17, 15) is 14.4 Å². The van der Waals surface area contributed by atoms with E-state index in [0.717, 1.165) is 28.0 Å². The average molecular weight is 526 g/mol. The first-order valence-corrected chi connectivity index (χ1v) is 13.8. The zero-order valence-corrected chi connectivity index (χ0v) is 22.4. The lowest BCUT2D eigenvalue weighted by Gasteiger charge is -2.24. The van der Waals surface area contributed by atoms with Gasteiger partial charge in [0.2, 0.25) is 5.91 Å². The molecular weight excluding hydrogens is 490 g/mol. The van der Waals surface area contributed by atoms with Gasteiger partial charge in [0.1, 0.15) is 18.2 Å². The summed E-state index contributed by atoms with van der Waals surface area (Å²) >= 11 is 1.69.